The number of fused-ring (bicyclic) bond motifs is 1. The Morgan fingerprint density at radius 1 is 1.08 bits per heavy atom. The summed E-state index contributed by atoms with van der Waals surface area (Å²) in [5.74, 6) is 1.62. The van der Waals surface area contributed by atoms with Crippen LogP contribution in [0.4, 0.5) is 5.69 Å². The Labute approximate surface area is 215 Å². The Hall–Kier alpha value is -4.30. The molecule has 0 radical (unpaired) electrons. The number of H-pyrrole nitrogens is 1. The lowest BCUT2D eigenvalue weighted by Gasteiger charge is -2.25. The zero-order valence-electron chi connectivity index (χ0n) is 20.6. The molecule has 1 amide bonds. The molecule has 1 aliphatic heterocycles. The van der Waals surface area contributed by atoms with Crippen molar-refractivity contribution in [2.24, 2.45) is 5.92 Å². The third-order valence-corrected chi connectivity index (χ3v) is 6.21. The van der Waals surface area contributed by atoms with E-state index in [-0.39, 0.29) is 11.8 Å². The number of carbonyl (C=O) groups excluding carboxylic acids is 1. The van der Waals surface area contributed by atoms with E-state index in [0.717, 1.165) is 33.8 Å². The van der Waals surface area contributed by atoms with Crippen LogP contribution >= 0.6 is 0 Å². The van der Waals surface area contributed by atoms with E-state index in [1.807, 2.05) is 72.9 Å². The van der Waals surface area contributed by atoms with Crippen LogP contribution < -0.4 is 19.5 Å². The second kappa shape index (κ2) is 11.6. The van der Waals surface area contributed by atoms with Gasteiger partial charge < -0.3 is 24.3 Å². The molecular weight excluding hydrogens is 470 g/mol. The number of rotatable bonds is 10. The number of anilines is 1. The summed E-state index contributed by atoms with van der Waals surface area (Å²) in [7, 11) is 1.62. The van der Waals surface area contributed by atoms with E-state index in [0.29, 0.717) is 44.3 Å². The molecule has 3 aromatic carbocycles. The highest BCUT2D eigenvalue weighted by Gasteiger charge is 2.27. The number of aromatic nitrogens is 2. The number of benzene rings is 3. The van der Waals surface area contributed by atoms with Crippen LogP contribution in [0.2, 0.25) is 0 Å². The number of aromatic amines is 1. The van der Waals surface area contributed by atoms with Gasteiger partial charge in [0, 0.05) is 11.8 Å². The van der Waals surface area contributed by atoms with Crippen LogP contribution in [0.25, 0.3) is 11.1 Å². The van der Waals surface area contributed by atoms with Crippen LogP contribution in [-0.2, 0) is 22.6 Å². The van der Waals surface area contributed by atoms with Crippen LogP contribution in [0.1, 0.15) is 11.1 Å². The minimum Gasteiger partial charge on any atom is -0.497 e. The molecule has 1 unspecified atom stereocenters. The maximum atomic E-state index is 13.2. The summed E-state index contributed by atoms with van der Waals surface area (Å²) in [6.45, 7) is 1.57. The Bertz CT molecular complexity index is 1320. The molecule has 1 aliphatic rings. The van der Waals surface area contributed by atoms with Gasteiger partial charge in [-0.15, -0.1) is 0 Å². The van der Waals surface area contributed by atoms with Crippen molar-refractivity contribution in [2.45, 2.75) is 13.0 Å². The SMILES string of the molecule is COc1ccc2c(c1)CC(C(=O)Nc1ccc(-c3cn[nH]c3)cc1OCCOCc1ccccc1)CO2. The molecule has 8 nitrogen and oxygen atoms in total. The highest BCUT2D eigenvalue weighted by atomic mass is 16.5. The lowest BCUT2D eigenvalue weighted by atomic mass is 9.95. The zero-order chi connectivity index (χ0) is 25.5. The molecule has 5 rings (SSSR count). The van der Waals surface area contributed by atoms with E-state index in [4.69, 9.17) is 18.9 Å². The fourth-order valence-corrected chi connectivity index (χ4v) is 4.21. The van der Waals surface area contributed by atoms with Crippen molar-refractivity contribution in [1.29, 1.82) is 0 Å². The molecule has 8 heteroatoms. The van der Waals surface area contributed by atoms with E-state index in [1.54, 1.807) is 13.3 Å². The first-order valence-corrected chi connectivity index (χ1v) is 12.2. The third-order valence-electron chi connectivity index (χ3n) is 6.21. The molecule has 0 fully saturated rings. The summed E-state index contributed by atoms with van der Waals surface area (Å²) in [5.41, 5.74) is 4.50. The number of hydrogen-bond donors (Lipinski definition) is 2. The van der Waals surface area contributed by atoms with Crippen LogP contribution in [0.5, 0.6) is 17.2 Å². The van der Waals surface area contributed by atoms with Gasteiger partial charge in [0.25, 0.3) is 0 Å². The minimum absolute atomic E-state index is 0.130. The Kier molecular flexibility index (Phi) is 7.66. The predicted octanol–water partition coefficient (Wildman–Crippen LogP) is 4.87. The van der Waals surface area contributed by atoms with Gasteiger partial charge in [0.1, 0.15) is 30.5 Å². The zero-order valence-corrected chi connectivity index (χ0v) is 20.6. The van der Waals surface area contributed by atoms with Gasteiger partial charge >= 0.3 is 0 Å². The van der Waals surface area contributed by atoms with Gasteiger partial charge in [0.15, 0.2) is 0 Å². The van der Waals surface area contributed by atoms with Gasteiger partial charge in [-0.1, -0.05) is 36.4 Å². The Morgan fingerprint density at radius 3 is 2.78 bits per heavy atom. The fourth-order valence-electron chi connectivity index (χ4n) is 4.21. The van der Waals surface area contributed by atoms with Crippen LogP contribution in [-0.4, -0.2) is 43.0 Å². The standard InChI is InChI=1S/C29H29N3O5/c1-34-25-8-10-27-22(14-25)13-23(19-37-27)29(33)32-26-9-7-21(24-16-30-31-17-24)15-28(26)36-12-11-35-18-20-5-3-2-4-6-20/h2-10,14-17,23H,11-13,18-19H2,1H3,(H,30,31)(H,32,33). The quantitative estimate of drug-likeness (QED) is 0.302. The molecule has 190 valence electrons. The van der Waals surface area contributed by atoms with Gasteiger partial charge in [-0.2, -0.15) is 5.10 Å². The number of nitrogens with one attached hydrogen (secondary N) is 2. The summed E-state index contributed by atoms with van der Waals surface area (Å²) in [6.07, 6.45) is 4.12. The predicted molar refractivity (Wildman–Crippen MR) is 140 cm³/mol. The normalized spacial score (nSPS) is 14.4. The molecule has 4 aromatic rings. The average Bonchev–Trinajstić information content (AvgIpc) is 3.49. The molecule has 2 N–H and O–H groups in total. The topological polar surface area (TPSA) is 94.7 Å². The first-order valence-electron chi connectivity index (χ1n) is 12.2. The van der Waals surface area contributed by atoms with Gasteiger partial charge in [0.2, 0.25) is 5.91 Å². The first kappa shape index (κ1) is 24.4. The smallest absolute Gasteiger partial charge is 0.231 e. The second-order valence-electron chi connectivity index (χ2n) is 8.76. The van der Waals surface area contributed by atoms with Crippen LogP contribution in [0.3, 0.4) is 0 Å². The summed E-state index contributed by atoms with van der Waals surface area (Å²) in [5, 5.41) is 9.89. The summed E-state index contributed by atoms with van der Waals surface area (Å²) in [6, 6.07) is 21.3. The summed E-state index contributed by atoms with van der Waals surface area (Å²) < 4.78 is 23.0. The number of nitrogens with zero attached hydrogens (tertiary/aromatic N) is 1. The van der Waals surface area contributed by atoms with Gasteiger partial charge in [0.05, 0.1) is 38.1 Å². The second-order valence-corrected chi connectivity index (χ2v) is 8.76. The maximum absolute atomic E-state index is 13.2. The fraction of sp³-hybridized carbons (Fsp3) is 0.241. The molecule has 37 heavy (non-hydrogen) atoms. The van der Waals surface area contributed by atoms with Crippen molar-refractivity contribution in [3.8, 4) is 28.4 Å². The minimum atomic E-state index is -0.338. The van der Waals surface area contributed by atoms with Crippen molar-refractivity contribution in [2.75, 3.05) is 32.2 Å². The van der Waals surface area contributed by atoms with Crippen LogP contribution in [0, 0.1) is 5.92 Å². The monoisotopic (exact) mass is 499 g/mol. The Morgan fingerprint density at radius 2 is 1.97 bits per heavy atom. The largest absolute Gasteiger partial charge is 0.497 e. The van der Waals surface area contributed by atoms with E-state index < -0.39 is 0 Å². The Balaban J connectivity index is 1.25. The number of amides is 1. The summed E-state index contributed by atoms with van der Waals surface area (Å²) >= 11 is 0. The van der Waals surface area contributed by atoms with E-state index in [9.17, 15) is 4.79 Å². The van der Waals surface area contributed by atoms with Gasteiger partial charge in [-0.05, 0) is 53.4 Å². The molecule has 1 aromatic heterocycles. The molecule has 1 atom stereocenters. The van der Waals surface area contributed by atoms with E-state index >= 15 is 0 Å². The number of carbonyl (C=O) groups is 1. The van der Waals surface area contributed by atoms with Crippen molar-refractivity contribution in [3.05, 3.63) is 90.3 Å². The lowest BCUT2D eigenvalue weighted by molar-refractivity contribution is -0.121. The lowest BCUT2D eigenvalue weighted by Crippen LogP contribution is -2.32. The summed E-state index contributed by atoms with van der Waals surface area (Å²) in [4.78, 5) is 13.2. The van der Waals surface area contributed by atoms with Gasteiger partial charge in [-0.25, -0.2) is 0 Å². The highest BCUT2D eigenvalue weighted by Crippen LogP contribution is 2.34. The molecule has 0 saturated heterocycles. The number of ether oxygens (including phenoxy) is 4. The van der Waals surface area contributed by atoms with Crippen molar-refractivity contribution >= 4 is 11.6 Å². The first-order chi connectivity index (χ1) is 18.2. The molecule has 2 heterocycles. The van der Waals surface area contributed by atoms with Crippen molar-refractivity contribution in [3.63, 3.8) is 0 Å². The van der Waals surface area contributed by atoms with E-state index in [2.05, 4.69) is 15.5 Å². The highest BCUT2D eigenvalue weighted by molar-refractivity contribution is 5.95. The van der Waals surface area contributed by atoms with Gasteiger partial charge in [-0.3, -0.25) is 9.89 Å². The number of methoxy groups -OCH3 is 1. The molecular formula is C29H29N3O5. The van der Waals surface area contributed by atoms with Crippen molar-refractivity contribution in [1.82, 2.24) is 10.2 Å². The maximum Gasteiger partial charge on any atom is 0.231 e. The molecule has 0 bridgehead atoms. The van der Waals surface area contributed by atoms with Crippen LogP contribution in [0.15, 0.2) is 79.1 Å². The van der Waals surface area contributed by atoms with E-state index in [1.165, 1.54) is 0 Å². The molecule has 0 spiro atoms. The van der Waals surface area contributed by atoms with Crippen molar-refractivity contribution < 1.29 is 23.7 Å². The average molecular weight is 500 g/mol. The molecule has 0 aliphatic carbocycles. The number of hydrogen-bond acceptors (Lipinski definition) is 6. The molecule has 0 saturated carbocycles. The third kappa shape index (κ3) is 6.10.